The lowest BCUT2D eigenvalue weighted by Gasteiger charge is -2.37. The largest absolute Gasteiger partial charge is 0.355 e. The minimum atomic E-state index is 0.510. The Bertz CT molecular complexity index is 993. The summed E-state index contributed by atoms with van der Waals surface area (Å²) in [5, 5.41) is 9.80. The van der Waals surface area contributed by atoms with Gasteiger partial charge in [0.05, 0.1) is 16.6 Å². The molecule has 1 aliphatic rings. The van der Waals surface area contributed by atoms with E-state index < -0.39 is 0 Å². The molecule has 4 nitrogen and oxygen atoms in total. The quantitative estimate of drug-likeness (QED) is 0.688. The summed E-state index contributed by atoms with van der Waals surface area (Å²) in [4.78, 5) is 7.36. The molecule has 0 N–H and O–H groups in total. The van der Waals surface area contributed by atoms with Gasteiger partial charge in [-0.3, -0.25) is 4.40 Å². The number of hydrogen-bond donors (Lipinski definition) is 0. The molecular formula is C21H24N4. The van der Waals surface area contributed by atoms with Gasteiger partial charge in [0.15, 0.2) is 5.65 Å². The zero-order valence-corrected chi connectivity index (χ0v) is 15.2. The normalized spacial score (nSPS) is 18.0. The molecule has 1 saturated heterocycles. The molecule has 128 valence electrons. The van der Waals surface area contributed by atoms with Crippen molar-refractivity contribution in [3.63, 3.8) is 0 Å². The number of aromatic nitrogens is 2. The lowest BCUT2D eigenvalue weighted by molar-refractivity contribution is 0.479. The Morgan fingerprint density at radius 2 is 2.08 bits per heavy atom. The number of hydrogen-bond acceptors (Lipinski definition) is 3. The molecule has 1 aliphatic heterocycles. The van der Waals surface area contributed by atoms with Crippen LogP contribution in [-0.4, -0.2) is 22.0 Å². The summed E-state index contributed by atoms with van der Waals surface area (Å²) in [6.45, 7) is 7.65. The number of anilines is 1. The fraction of sp³-hybridized carbons (Fsp3) is 0.429. The molecule has 0 aliphatic carbocycles. The molecule has 1 fully saturated rings. The molecule has 25 heavy (non-hydrogen) atoms. The van der Waals surface area contributed by atoms with Crippen LogP contribution in [0.25, 0.3) is 16.7 Å². The number of fused-ring (bicyclic) bond motifs is 3. The average molecular weight is 332 g/mol. The maximum atomic E-state index is 9.80. The van der Waals surface area contributed by atoms with E-state index in [0.717, 1.165) is 35.2 Å². The Kier molecular flexibility index (Phi) is 3.88. The second-order valence-electron chi connectivity index (χ2n) is 7.07. The van der Waals surface area contributed by atoms with Crippen LogP contribution in [0.3, 0.4) is 0 Å². The summed E-state index contributed by atoms with van der Waals surface area (Å²) in [5.74, 6) is 1.25. The van der Waals surface area contributed by atoms with Crippen molar-refractivity contribution in [2.75, 3.05) is 11.4 Å². The van der Waals surface area contributed by atoms with Crippen LogP contribution in [0.15, 0.2) is 24.3 Å². The minimum Gasteiger partial charge on any atom is -0.355 e. The number of nitriles is 1. The first-order valence-electron chi connectivity index (χ1n) is 9.26. The van der Waals surface area contributed by atoms with Gasteiger partial charge in [-0.15, -0.1) is 0 Å². The zero-order chi connectivity index (χ0) is 17.6. The molecule has 0 unspecified atom stereocenters. The Morgan fingerprint density at radius 3 is 2.80 bits per heavy atom. The monoisotopic (exact) mass is 332 g/mol. The number of benzene rings is 1. The van der Waals surface area contributed by atoms with Crippen LogP contribution >= 0.6 is 0 Å². The van der Waals surface area contributed by atoms with E-state index in [1.807, 2.05) is 12.1 Å². The number of pyridine rings is 1. The molecule has 0 spiro atoms. The Morgan fingerprint density at radius 1 is 1.28 bits per heavy atom. The molecular weight excluding hydrogens is 308 g/mol. The summed E-state index contributed by atoms with van der Waals surface area (Å²) >= 11 is 0. The lowest BCUT2D eigenvalue weighted by Crippen LogP contribution is -2.39. The summed E-state index contributed by atoms with van der Waals surface area (Å²) in [7, 11) is 0. The smallest absolute Gasteiger partial charge is 0.157 e. The van der Waals surface area contributed by atoms with Gasteiger partial charge >= 0.3 is 0 Å². The Labute approximate surface area is 148 Å². The molecule has 0 bridgehead atoms. The van der Waals surface area contributed by atoms with Crippen LogP contribution in [-0.2, 0) is 6.42 Å². The predicted molar refractivity (Wildman–Crippen MR) is 102 cm³/mol. The topological polar surface area (TPSA) is 44.3 Å². The molecule has 3 aromatic rings. The number of rotatable bonds is 2. The van der Waals surface area contributed by atoms with Crippen molar-refractivity contribution in [3.05, 3.63) is 41.0 Å². The molecule has 3 heterocycles. The molecule has 1 aromatic carbocycles. The summed E-state index contributed by atoms with van der Waals surface area (Å²) in [6.07, 6.45) is 4.65. The highest BCUT2D eigenvalue weighted by atomic mass is 15.3. The first kappa shape index (κ1) is 16.0. The summed E-state index contributed by atoms with van der Waals surface area (Å²) < 4.78 is 2.24. The molecule has 4 rings (SSSR count). The highest BCUT2D eigenvalue weighted by molar-refractivity contribution is 5.86. The number of nitrogens with zero attached hydrogens (tertiary/aromatic N) is 4. The standard InChI is InChI=1S/C21H24N4/c1-4-16-15(3)17(13-22)20-23-18-10-5-6-11-19(18)25(20)21(16)24-12-8-7-9-14(24)2/h5-6,10-11,14H,4,7-9,12H2,1-3H3/t14-/m1/s1. The van der Waals surface area contributed by atoms with Crippen LogP contribution < -0.4 is 4.90 Å². The first-order valence-corrected chi connectivity index (χ1v) is 9.26. The minimum absolute atomic E-state index is 0.510. The van der Waals surface area contributed by atoms with E-state index in [0.29, 0.717) is 11.6 Å². The molecule has 0 amide bonds. The molecule has 0 radical (unpaired) electrons. The van der Waals surface area contributed by atoms with Gasteiger partial charge in [0.1, 0.15) is 11.9 Å². The van der Waals surface area contributed by atoms with Crippen molar-refractivity contribution in [1.29, 1.82) is 5.26 Å². The van der Waals surface area contributed by atoms with E-state index in [4.69, 9.17) is 4.98 Å². The van der Waals surface area contributed by atoms with Crippen molar-refractivity contribution in [3.8, 4) is 6.07 Å². The second kappa shape index (κ2) is 6.07. The van der Waals surface area contributed by atoms with E-state index in [-0.39, 0.29) is 0 Å². The third-order valence-electron chi connectivity index (χ3n) is 5.63. The maximum absolute atomic E-state index is 9.80. The molecule has 1 atom stereocenters. The van der Waals surface area contributed by atoms with Crippen molar-refractivity contribution < 1.29 is 0 Å². The fourth-order valence-corrected chi connectivity index (χ4v) is 4.30. The van der Waals surface area contributed by atoms with Crippen molar-refractivity contribution >= 4 is 22.5 Å². The van der Waals surface area contributed by atoms with Crippen LogP contribution in [0.1, 0.15) is 49.8 Å². The predicted octanol–water partition coefficient (Wildman–Crippen LogP) is 4.61. The van der Waals surface area contributed by atoms with Crippen LogP contribution in [0.4, 0.5) is 5.82 Å². The number of para-hydroxylation sites is 2. The van der Waals surface area contributed by atoms with E-state index in [2.05, 4.69) is 48.3 Å². The lowest BCUT2D eigenvalue weighted by atomic mass is 9.98. The third kappa shape index (κ3) is 2.30. The first-order chi connectivity index (χ1) is 12.2. The van der Waals surface area contributed by atoms with Gasteiger partial charge in [-0.05, 0) is 62.8 Å². The van der Waals surface area contributed by atoms with Gasteiger partial charge in [-0.1, -0.05) is 19.1 Å². The van der Waals surface area contributed by atoms with Crippen molar-refractivity contribution in [1.82, 2.24) is 9.38 Å². The molecule has 0 saturated carbocycles. The van der Waals surface area contributed by atoms with Gasteiger partial charge < -0.3 is 4.90 Å². The van der Waals surface area contributed by atoms with E-state index in [1.54, 1.807) is 0 Å². The highest BCUT2D eigenvalue weighted by Gasteiger charge is 2.27. The van der Waals surface area contributed by atoms with E-state index in [1.165, 1.54) is 30.6 Å². The highest BCUT2D eigenvalue weighted by Crippen LogP contribution is 2.36. The van der Waals surface area contributed by atoms with Gasteiger partial charge in [0.25, 0.3) is 0 Å². The van der Waals surface area contributed by atoms with Crippen molar-refractivity contribution in [2.45, 2.75) is 52.5 Å². The third-order valence-corrected chi connectivity index (χ3v) is 5.63. The van der Waals surface area contributed by atoms with Gasteiger partial charge in [0, 0.05) is 12.6 Å². The molecule has 4 heteroatoms. The van der Waals surface area contributed by atoms with Gasteiger partial charge in [-0.2, -0.15) is 5.26 Å². The van der Waals surface area contributed by atoms with Crippen molar-refractivity contribution in [2.24, 2.45) is 0 Å². The van der Waals surface area contributed by atoms with E-state index in [9.17, 15) is 5.26 Å². The second-order valence-corrected chi connectivity index (χ2v) is 7.07. The van der Waals surface area contributed by atoms with E-state index >= 15 is 0 Å². The summed E-state index contributed by atoms with van der Waals surface area (Å²) in [5.41, 5.74) is 5.92. The van der Waals surface area contributed by atoms with Gasteiger partial charge in [0.2, 0.25) is 0 Å². The maximum Gasteiger partial charge on any atom is 0.157 e. The van der Waals surface area contributed by atoms with Crippen LogP contribution in [0, 0.1) is 18.3 Å². The average Bonchev–Trinajstić information content (AvgIpc) is 3.00. The summed E-state index contributed by atoms with van der Waals surface area (Å²) in [6, 6.07) is 11.1. The van der Waals surface area contributed by atoms with Crippen LogP contribution in [0.2, 0.25) is 0 Å². The Balaban J connectivity index is 2.17. The fourth-order valence-electron chi connectivity index (χ4n) is 4.30. The van der Waals surface area contributed by atoms with Crippen LogP contribution in [0.5, 0.6) is 0 Å². The van der Waals surface area contributed by atoms with Gasteiger partial charge in [-0.25, -0.2) is 4.98 Å². The molecule has 2 aromatic heterocycles. The Hall–Kier alpha value is -2.54. The number of piperidine rings is 1. The number of imidazole rings is 1. The zero-order valence-electron chi connectivity index (χ0n) is 15.2. The SMILES string of the molecule is CCc1c(C)c(C#N)c2nc3ccccc3n2c1N1CCCC[C@H]1C.